The molecule has 1 N–H and O–H groups in total. The van der Waals surface area contributed by atoms with Crippen LogP contribution in [0.3, 0.4) is 0 Å². The summed E-state index contributed by atoms with van der Waals surface area (Å²) in [5, 5.41) is 3.25. The van der Waals surface area contributed by atoms with E-state index in [9.17, 15) is 8.42 Å². The van der Waals surface area contributed by atoms with Gasteiger partial charge in [0.1, 0.15) is 0 Å². The molecule has 0 fully saturated rings. The molecule has 0 rings (SSSR count). The Morgan fingerprint density at radius 3 is 2.28 bits per heavy atom. The number of rotatable bonds is 9. The van der Waals surface area contributed by atoms with E-state index in [4.69, 9.17) is 11.6 Å². The zero-order valence-electron chi connectivity index (χ0n) is 12.1. The molecule has 0 saturated heterocycles. The lowest BCUT2D eigenvalue weighted by Crippen LogP contribution is -2.36. The van der Waals surface area contributed by atoms with E-state index in [1.807, 2.05) is 0 Å². The standard InChI is InChI=1S/C13H28ClNO2S/c1-5-6-12(7-8-14)11-15-9-10-18(16,17)13(2,3)4/h12,15H,5-11H2,1-4H3. The Balaban J connectivity index is 3.98. The van der Waals surface area contributed by atoms with Crippen molar-refractivity contribution in [3.63, 3.8) is 0 Å². The molecule has 0 saturated carbocycles. The maximum atomic E-state index is 11.9. The quantitative estimate of drug-likeness (QED) is 0.526. The van der Waals surface area contributed by atoms with E-state index in [1.54, 1.807) is 20.8 Å². The van der Waals surface area contributed by atoms with Gasteiger partial charge in [0.25, 0.3) is 0 Å². The first-order valence-corrected chi connectivity index (χ1v) is 8.92. The molecular formula is C13H28ClNO2S. The minimum Gasteiger partial charge on any atom is -0.315 e. The Hall–Kier alpha value is 0.200. The van der Waals surface area contributed by atoms with Crippen LogP contribution in [0.15, 0.2) is 0 Å². The van der Waals surface area contributed by atoms with Crippen molar-refractivity contribution in [3.05, 3.63) is 0 Å². The normalized spacial score (nSPS) is 14.7. The van der Waals surface area contributed by atoms with Crippen molar-refractivity contribution in [2.75, 3.05) is 24.7 Å². The average molecular weight is 298 g/mol. The third-order valence-electron chi connectivity index (χ3n) is 3.13. The van der Waals surface area contributed by atoms with Gasteiger partial charge in [-0.2, -0.15) is 0 Å². The summed E-state index contributed by atoms with van der Waals surface area (Å²) >= 11 is 5.75. The van der Waals surface area contributed by atoms with E-state index in [-0.39, 0.29) is 5.75 Å². The monoisotopic (exact) mass is 297 g/mol. The first-order valence-electron chi connectivity index (χ1n) is 6.73. The molecule has 0 aliphatic heterocycles. The van der Waals surface area contributed by atoms with Crippen molar-refractivity contribution in [2.24, 2.45) is 5.92 Å². The van der Waals surface area contributed by atoms with E-state index in [0.29, 0.717) is 18.3 Å². The molecule has 1 atom stereocenters. The highest BCUT2D eigenvalue weighted by atomic mass is 35.5. The lowest BCUT2D eigenvalue weighted by molar-refractivity contribution is 0.436. The molecule has 0 aliphatic carbocycles. The van der Waals surface area contributed by atoms with Gasteiger partial charge in [0.05, 0.1) is 10.5 Å². The second-order valence-corrected chi connectivity index (χ2v) is 9.01. The number of sulfone groups is 1. The molecule has 0 bridgehead atoms. The molecule has 1 unspecified atom stereocenters. The summed E-state index contributed by atoms with van der Waals surface area (Å²) in [7, 11) is -3.01. The van der Waals surface area contributed by atoms with Crippen LogP contribution in [0.2, 0.25) is 0 Å². The van der Waals surface area contributed by atoms with Gasteiger partial charge in [-0.15, -0.1) is 11.6 Å². The minimum atomic E-state index is -3.01. The van der Waals surface area contributed by atoms with E-state index < -0.39 is 14.6 Å². The number of hydrogen-bond acceptors (Lipinski definition) is 3. The number of nitrogens with one attached hydrogen (secondary N) is 1. The molecule has 18 heavy (non-hydrogen) atoms. The molecule has 0 amide bonds. The molecule has 0 radical (unpaired) electrons. The SMILES string of the molecule is CCCC(CCCl)CNCCS(=O)(=O)C(C)(C)C. The highest BCUT2D eigenvalue weighted by Gasteiger charge is 2.28. The molecule has 0 spiro atoms. The number of hydrogen-bond donors (Lipinski definition) is 1. The Kier molecular flexibility index (Phi) is 8.48. The van der Waals surface area contributed by atoms with Crippen LogP contribution in [-0.2, 0) is 9.84 Å². The van der Waals surface area contributed by atoms with Crippen LogP contribution < -0.4 is 5.32 Å². The molecule has 110 valence electrons. The maximum Gasteiger partial charge on any atom is 0.156 e. The molecular weight excluding hydrogens is 270 g/mol. The van der Waals surface area contributed by atoms with Gasteiger partial charge in [-0.05, 0) is 46.1 Å². The number of halogens is 1. The van der Waals surface area contributed by atoms with Crippen LogP contribution in [-0.4, -0.2) is 37.9 Å². The third kappa shape index (κ3) is 6.95. The van der Waals surface area contributed by atoms with Gasteiger partial charge < -0.3 is 5.32 Å². The summed E-state index contributed by atoms with van der Waals surface area (Å²) in [5.41, 5.74) is 0. The fourth-order valence-electron chi connectivity index (χ4n) is 1.73. The Morgan fingerprint density at radius 2 is 1.83 bits per heavy atom. The van der Waals surface area contributed by atoms with Crippen LogP contribution in [0.1, 0.15) is 47.0 Å². The van der Waals surface area contributed by atoms with Gasteiger partial charge in [-0.25, -0.2) is 8.42 Å². The largest absolute Gasteiger partial charge is 0.315 e. The van der Waals surface area contributed by atoms with Crippen molar-refractivity contribution in [3.8, 4) is 0 Å². The van der Waals surface area contributed by atoms with Gasteiger partial charge in [0.2, 0.25) is 0 Å². The topological polar surface area (TPSA) is 46.2 Å². The predicted octanol–water partition coefficient (Wildman–Crippen LogP) is 2.83. The van der Waals surface area contributed by atoms with Gasteiger partial charge in [0.15, 0.2) is 9.84 Å². The first kappa shape index (κ1) is 18.2. The minimum absolute atomic E-state index is 0.205. The molecule has 0 aromatic rings. The first-order chi connectivity index (χ1) is 8.24. The number of alkyl halides is 1. The van der Waals surface area contributed by atoms with Gasteiger partial charge in [0, 0.05) is 12.4 Å². The fourth-order valence-corrected chi connectivity index (χ4v) is 3.06. The summed E-state index contributed by atoms with van der Waals surface area (Å²) in [6.45, 7) is 8.79. The summed E-state index contributed by atoms with van der Waals surface area (Å²) in [6, 6.07) is 0. The summed E-state index contributed by atoms with van der Waals surface area (Å²) in [4.78, 5) is 0. The second-order valence-electron chi connectivity index (χ2n) is 5.77. The third-order valence-corrected chi connectivity index (χ3v) is 5.95. The van der Waals surface area contributed by atoms with Crippen molar-refractivity contribution in [1.29, 1.82) is 0 Å². The molecule has 3 nitrogen and oxygen atoms in total. The molecule has 0 aromatic carbocycles. The summed E-state index contributed by atoms with van der Waals surface area (Å²) in [6.07, 6.45) is 3.28. The molecule has 0 aromatic heterocycles. The van der Waals surface area contributed by atoms with Crippen LogP contribution in [0.4, 0.5) is 0 Å². The maximum absolute atomic E-state index is 11.9. The molecule has 0 heterocycles. The highest BCUT2D eigenvalue weighted by molar-refractivity contribution is 7.92. The van der Waals surface area contributed by atoms with Crippen molar-refractivity contribution >= 4 is 21.4 Å². The van der Waals surface area contributed by atoms with Crippen molar-refractivity contribution in [1.82, 2.24) is 5.32 Å². The highest BCUT2D eigenvalue weighted by Crippen LogP contribution is 2.15. The lowest BCUT2D eigenvalue weighted by atomic mass is 10.0. The van der Waals surface area contributed by atoms with Gasteiger partial charge in [-0.1, -0.05) is 13.3 Å². The predicted molar refractivity (Wildman–Crippen MR) is 80.1 cm³/mol. The van der Waals surface area contributed by atoms with Gasteiger partial charge >= 0.3 is 0 Å². The van der Waals surface area contributed by atoms with Crippen molar-refractivity contribution < 1.29 is 8.42 Å². The van der Waals surface area contributed by atoms with Crippen LogP contribution in [0, 0.1) is 5.92 Å². The Labute approximate surface area is 118 Å². The van der Waals surface area contributed by atoms with Crippen LogP contribution in [0.25, 0.3) is 0 Å². The van der Waals surface area contributed by atoms with E-state index in [0.717, 1.165) is 25.8 Å². The Morgan fingerprint density at radius 1 is 1.22 bits per heavy atom. The smallest absolute Gasteiger partial charge is 0.156 e. The average Bonchev–Trinajstić information content (AvgIpc) is 2.23. The second kappa shape index (κ2) is 8.39. The van der Waals surface area contributed by atoms with E-state index in [2.05, 4.69) is 12.2 Å². The zero-order chi connectivity index (χ0) is 14.2. The van der Waals surface area contributed by atoms with Gasteiger partial charge in [-0.3, -0.25) is 0 Å². The van der Waals surface area contributed by atoms with Crippen molar-refractivity contribution in [2.45, 2.75) is 51.7 Å². The summed E-state index contributed by atoms with van der Waals surface area (Å²) < 4.78 is 23.1. The van der Waals surface area contributed by atoms with Crippen LogP contribution in [0.5, 0.6) is 0 Å². The van der Waals surface area contributed by atoms with Crippen LogP contribution >= 0.6 is 11.6 Å². The molecule has 5 heteroatoms. The fraction of sp³-hybridized carbons (Fsp3) is 1.00. The molecule has 0 aliphatic rings. The Bertz CT molecular complexity index is 303. The van der Waals surface area contributed by atoms with E-state index in [1.165, 1.54) is 0 Å². The van der Waals surface area contributed by atoms with E-state index >= 15 is 0 Å². The zero-order valence-corrected chi connectivity index (χ0v) is 13.7. The lowest BCUT2D eigenvalue weighted by Gasteiger charge is -2.20. The summed E-state index contributed by atoms with van der Waals surface area (Å²) in [5.74, 6) is 1.44.